The van der Waals surface area contributed by atoms with Gasteiger partial charge in [-0.1, -0.05) is 89.8 Å². The number of hydrogen-bond acceptors (Lipinski definition) is 3. The van der Waals surface area contributed by atoms with Crippen LogP contribution in [0.3, 0.4) is 0 Å². The van der Waals surface area contributed by atoms with Gasteiger partial charge in [0.15, 0.2) is 0 Å². The molecule has 29 heavy (non-hydrogen) atoms. The van der Waals surface area contributed by atoms with Crippen LogP contribution in [-0.4, -0.2) is 11.9 Å². The predicted molar refractivity (Wildman–Crippen MR) is 121 cm³/mol. The third kappa shape index (κ3) is 8.31. The number of nitrogens with zero attached hydrogens (tertiary/aromatic N) is 1. The highest BCUT2D eigenvalue weighted by Gasteiger charge is 2.14. The van der Waals surface area contributed by atoms with Gasteiger partial charge in [-0.25, -0.2) is 0 Å². The van der Waals surface area contributed by atoms with E-state index in [2.05, 4.69) is 30.6 Å². The van der Waals surface area contributed by atoms with Gasteiger partial charge in [0.2, 0.25) is 0 Å². The minimum atomic E-state index is -0.346. The van der Waals surface area contributed by atoms with E-state index in [0.717, 1.165) is 24.1 Å². The van der Waals surface area contributed by atoms with Gasteiger partial charge in [0, 0.05) is 17.9 Å². The van der Waals surface area contributed by atoms with Crippen molar-refractivity contribution in [3.63, 3.8) is 0 Å². The molecule has 1 saturated carbocycles. The Labute approximate surface area is 176 Å². The van der Waals surface area contributed by atoms with Gasteiger partial charge in [-0.2, -0.15) is 5.26 Å². The first-order chi connectivity index (χ1) is 14.1. The van der Waals surface area contributed by atoms with Crippen LogP contribution in [0.15, 0.2) is 36.0 Å². The number of anilines is 1. The molecular weight excluding hydrogens is 358 g/mol. The number of carbonyl (C=O) groups is 1. The Kier molecular flexibility index (Phi) is 10.3. The summed E-state index contributed by atoms with van der Waals surface area (Å²) in [7, 11) is 0. The first-order valence-electron chi connectivity index (χ1n) is 11.4. The smallest absolute Gasteiger partial charge is 0.267 e. The number of carbonyl (C=O) groups excluding carboxylic acids is 1. The Morgan fingerprint density at radius 2 is 1.55 bits per heavy atom. The van der Waals surface area contributed by atoms with Gasteiger partial charge in [-0.3, -0.25) is 4.79 Å². The van der Waals surface area contributed by atoms with E-state index in [0.29, 0.717) is 12.0 Å². The van der Waals surface area contributed by atoms with Crippen molar-refractivity contribution in [2.75, 3.05) is 5.32 Å². The highest BCUT2D eigenvalue weighted by Crippen LogP contribution is 2.24. The lowest BCUT2D eigenvalue weighted by atomic mass is 9.98. The molecule has 1 aliphatic rings. The fourth-order valence-electron chi connectivity index (χ4n) is 3.98. The van der Waals surface area contributed by atoms with Gasteiger partial charge in [0.25, 0.3) is 5.91 Å². The van der Waals surface area contributed by atoms with E-state index >= 15 is 0 Å². The van der Waals surface area contributed by atoms with Crippen molar-refractivity contribution in [3.05, 3.63) is 41.6 Å². The van der Waals surface area contributed by atoms with E-state index in [9.17, 15) is 10.1 Å². The molecule has 0 radical (unpaired) electrons. The van der Waals surface area contributed by atoms with E-state index in [1.807, 2.05) is 24.3 Å². The minimum absolute atomic E-state index is 0.134. The largest absolute Gasteiger partial charge is 0.387 e. The van der Waals surface area contributed by atoms with Gasteiger partial charge in [-0.15, -0.1) is 0 Å². The van der Waals surface area contributed by atoms with Gasteiger partial charge in [-0.05, 0) is 30.4 Å². The van der Waals surface area contributed by atoms with E-state index in [-0.39, 0.29) is 11.5 Å². The molecule has 1 aliphatic carbocycles. The van der Waals surface area contributed by atoms with Gasteiger partial charge >= 0.3 is 0 Å². The molecule has 0 unspecified atom stereocenters. The van der Waals surface area contributed by atoms with Gasteiger partial charge in [0.1, 0.15) is 11.6 Å². The highest BCUT2D eigenvalue weighted by atomic mass is 16.1. The normalized spacial score (nSPS) is 17.7. The Bertz CT molecular complexity index is 690. The van der Waals surface area contributed by atoms with E-state index in [4.69, 9.17) is 0 Å². The topological polar surface area (TPSA) is 64.9 Å². The van der Waals surface area contributed by atoms with Gasteiger partial charge in [0.05, 0.1) is 0 Å². The van der Waals surface area contributed by atoms with Crippen LogP contribution in [-0.2, 0) is 4.79 Å². The summed E-state index contributed by atoms with van der Waals surface area (Å²) in [6.45, 7) is 4.19. The van der Waals surface area contributed by atoms with Crippen molar-refractivity contribution in [1.82, 2.24) is 5.32 Å². The van der Waals surface area contributed by atoms with Crippen LogP contribution >= 0.6 is 0 Å². The first kappa shape index (κ1) is 23.0. The fourth-order valence-corrected chi connectivity index (χ4v) is 3.98. The van der Waals surface area contributed by atoms with Crippen LogP contribution in [0, 0.1) is 11.3 Å². The summed E-state index contributed by atoms with van der Waals surface area (Å²) in [6.07, 6.45) is 15.5. The molecule has 0 aliphatic heterocycles. The lowest BCUT2D eigenvalue weighted by molar-refractivity contribution is -0.112. The molecule has 1 amide bonds. The molecule has 0 bridgehead atoms. The second-order valence-electron chi connectivity index (χ2n) is 8.49. The molecule has 4 heteroatoms. The lowest BCUT2D eigenvalue weighted by Crippen LogP contribution is -2.26. The van der Waals surface area contributed by atoms with E-state index in [1.54, 1.807) is 6.20 Å². The summed E-state index contributed by atoms with van der Waals surface area (Å²) < 4.78 is 0. The van der Waals surface area contributed by atoms with Crippen molar-refractivity contribution in [2.45, 2.75) is 96.4 Å². The van der Waals surface area contributed by atoms with Gasteiger partial charge < -0.3 is 10.6 Å². The number of benzene rings is 1. The van der Waals surface area contributed by atoms with Crippen LogP contribution in [0.25, 0.3) is 0 Å². The summed E-state index contributed by atoms with van der Waals surface area (Å²) in [6, 6.07) is 10.2. The quantitative estimate of drug-likeness (QED) is 0.446. The molecule has 0 atom stereocenters. The number of hydrogen-bond donors (Lipinski definition) is 2. The zero-order chi connectivity index (χ0) is 20.9. The zero-order valence-electron chi connectivity index (χ0n) is 18.2. The van der Waals surface area contributed by atoms with Crippen molar-refractivity contribution < 1.29 is 4.79 Å². The Hall–Kier alpha value is -2.28. The number of para-hydroxylation sites is 1. The van der Waals surface area contributed by atoms with Crippen molar-refractivity contribution >= 4 is 11.6 Å². The average Bonchev–Trinajstić information content (AvgIpc) is 2.70. The molecule has 1 aromatic rings. The molecule has 1 fully saturated rings. The number of rotatable bonds is 5. The molecule has 2 N–H and O–H groups in total. The van der Waals surface area contributed by atoms with E-state index in [1.165, 1.54) is 57.8 Å². The van der Waals surface area contributed by atoms with E-state index < -0.39 is 0 Å². The Morgan fingerprint density at radius 3 is 2.10 bits per heavy atom. The van der Waals surface area contributed by atoms with Crippen molar-refractivity contribution in [1.29, 1.82) is 5.26 Å². The molecule has 158 valence electrons. The monoisotopic (exact) mass is 395 g/mol. The fraction of sp³-hybridized carbons (Fsp3) is 0.600. The van der Waals surface area contributed by atoms with Crippen LogP contribution in [0.2, 0.25) is 0 Å². The van der Waals surface area contributed by atoms with Crippen molar-refractivity contribution in [3.8, 4) is 6.07 Å². The third-order valence-electron chi connectivity index (χ3n) is 5.76. The number of amides is 1. The molecule has 0 heterocycles. The lowest BCUT2D eigenvalue weighted by Gasteiger charge is -2.19. The highest BCUT2D eigenvalue weighted by molar-refractivity contribution is 6.06. The Morgan fingerprint density at radius 1 is 1.00 bits per heavy atom. The van der Waals surface area contributed by atoms with Crippen LogP contribution in [0.4, 0.5) is 5.69 Å². The van der Waals surface area contributed by atoms with Crippen LogP contribution < -0.4 is 10.6 Å². The predicted octanol–water partition coefficient (Wildman–Crippen LogP) is 6.42. The van der Waals surface area contributed by atoms with Crippen LogP contribution in [0.1, 0.15) is 96.0 Å². The summed E-state index contributed by atoms with van der Waals surface area (Å²) >= 11 is 0. The van der Waals surface area contributed by atoms with Crippen molar-refractivity contribution in [2.24, 2.45) is 0 Å². The maximum absolute atomic E-state index is 12.7. The molecule has 0 saturated heterocycles. The maximum Gasteiger partial charge on any atom is 0.267 e. The standard InChI is InChI=1S/C25H37N3O/c1-20(2)23-16-12-13-17-24(23)28-25(29)21(18-26)19-27-22-14-10-8-6-4-3-5-7-9-11-15-22/h12-13,16-17,19-20,22,27H,3-11,14-15H2,1-2H3,(H,28,29)/b21-19-. The molecule has 4 nitrogen and oxygen atoms in total. The maximum atomic E-state index is 12.7. The average molecular weight is 396 g/mol. The minimum Gasteiger partial charge on any atom is -0.387 e. The molecular formula is C25H37N3O. The summed E-state index contributed by atoms with van der Waals surface area (Å²) in [4.78, 5) is 12.7. The molecule has 2 rings (SSSR count). The molecule has 1 aromatic carbocycles. The molecule has 0 spiro atoms. The first-order valence-corrected chi connectivity index (χ1v) is 11.4. The zero-order valence-corrected chi connectivity index (χ0v) is 18.2. The van der Waals surface area contributed by atoms with Crippen LogP contribution in [0.5, 0.6) is 0 Å². The summed E-state index contributed by atoms with van der Waals surface area (Å²) in [5.74, 6) is -0.0448. The summed E-state index contributed by atoms with van der Waals surface area (Å²) in [5.41, 5.74) is 1.99. The number of nitrogens with one attached hydrogen (secondary N) is 2. The molecule has 0 aromatic heterocycles. The second-order valence-corrected chi connectivity index (χ2v) is 8.49. The SMILES string of the molecule is CC(C)c1ccccc1NC(=O)/C(C#N)=C\NC1CCCCCCCCCCC1. The third-order valence-corrected chi connectivity index (χ3v) is 5.76. The Balaban J connectivity index is 1.98. The second kappa shape index (κ2) is 13.0. The number of nitriles is 1. The summed E-state index contributed by atoms with van der Waals surface area (Å²) in [5, 5.41) is 15.8.